The van der Waals surface area contributed by atoms with Gasteiger partial charge in [0.15, 0.2) is 6.10 Å². The lowest BCUT2D eigenvalue weighted by Crippen LogP contribution is -2.21. The van der Waals surface area contributed by atoms with Crippen molar-refractivity contribution >= 4 is 23.2 Å². The van der Waals surface area contributed by atoms with Crippen LogP contribution in [0.5, 0.6) is 0 Å². The molecule has 0 saturated heterocycles. The zero-order valence-corrected chi connectivity index (χ0v) is 12.5. The van der Waals surface area contributed by atoms with Crippen LogP contribution in [0.1, 0.15) is 24.2 Å². The van der Waals surface area contributed by atoms with Gasteiger partial charge >= 0.3 is 0 Å². The molecular formula is C17H18N2O3. The van der Waals surface area contributed by atoms with E-state index in [1.54, 1.807) is 42.5 Å². The Morgan fingerprint density at radius 2 is 1.73 bits per heavy atom. The Labute approximate surface area is 129 Å². The number of hydrogen-bond donors (Lipinski definition) is 3. The fourth-order valence-electron chi connectivity index (χ4n) is 2.02. The molecule has 0 aliphatic heterocycles. The molecule has 114 valence electrons. The summed E-state index contributed by atoms with van der Waals surface area (Å²) in [6, 6.07) is 13.9. The average molecular weight is 298 g/mol. The van der Waals surface area contributed by atoms with Gasteiger partial charge in [-0.3, -0.25) is 9.59 Å². The molecule has 2 aromatic rings. The third kappa shape index (κ3) is 3.93. The summed E-state index contributed by atoms with van der Waals surface area (Å²) in [6.07, 6.45) is -1.24. The third-order valence-electron chi connectivity index (χ3n) is 3.18. The van der Waals surface area contributed by atoms with E-state index < -0.39 is 12.0 Å². The van der Waals surface area contributed by atoms with Crippen LogP contribution in [-0.2, 0) is 9.59 Å². The first-order chi connectivity index (χ1) is 10.5. The first-order valence-corrected chi connectivity index (χ1v) is 6.89. The number of carbonyl (C=O) groups excluding carboxylic acids is 2. The summed E-state index contributed by atoms with van der Waals surface area (Å²) in [5.74, 6) is -0.709. The van der Waals surface area contributed by atoms with Crippen molar-refractivity contribution in [1.82, 2.24) is 0 Å². The number of aryl methyl sites for hydroxylation is 1. The minimum atomic E-state index is -1.24. The molecule has 5 nitrogen and oxygen atoms in total. The number of benzene rings is 2. The smallest absolute Gasteiger partial charge is 0.257 e. The summed E-state index contributed by atoms with van der Waals surface area (Å²) in [7, 11) is 0. The highest BCUT2D eigenvalue weighted by atomic mass is 16.3. The van der Waals surface area contributed by atoms with E-state index >= 15 is 0 Å². The zero-order valence-electron chi connectivity index (χ0n) is 12.5. The van der Waals surface area contributed by atoms with E-state index in [4.69, 9.17) is 0 Å². The van der Waals surface area contributed by atoms with Crippen LogP contribution in [0, 0.1) is 6.92 Å². The maximum atomic E-state index is 12.1. The zero-order chi connectivity index (χ0) is 16.1. The Morgan fingerprint density at radius 1 is 1.05 bits per heavy atom. The van der Waals surface area contributed by atoms with Crippen LogP contribution in [0.3, 0.4) is 0 Å². The van der Waals surface area contributed by atoms with Crippen LogP contribution in [0.2, 0.25) is 0 Å². The molecule has 0 aliphatic rings. The Hall–Kier alpha value is -2.66. The lowest BCUT2D eigenvalue weighted by atomic mass is 10.1. The summed E-state index contributed by atoms with van der Waals surface area (Å²) in [6.45, 7) is 3.28. The van der Waals surface area contributed by atoms with E-state index in [0.717, 1.165) is 5.56 Å². The van der Waals surface area contributed by atoms with Crippen molar-refractivity contribution in [2.75, 3.05) is 10.6 Å². The van der Waals surface area contributed by atoms with Gasteiger partial charge in [0.2, 0.25) is 5.91 Å². The second-order valence-corrected chi connectivity index (χ2v) is 5.01. The van der Waals surface area contributed by atoms with Gasteiger partial charge in [0.25, 0.3) is 5.91 Å². The van der Waals surface area contributed by atoms with Gasteiger partial charge in [-0.25, -0.2) is 0 Å². The molecule has 1 atom stereocenters. The quantitative estimate of drug-likeness (QED) is 0.812. The molecule has 2 rings (SSSR count). The first-order valence-electron chi connectivity index (χ1n) is 6.89. The highest BCUT2D eigenvalue weighted by Crippen LogP contribution is 2.22. The fraction of sp³-hybridized carbons (Fsp3) is 0.176. The van der Waals surface area contributed by atoms with Crippen molar-refractivity contribution in [2.24, 2.45) is 0 Å². The van der Waals surface area contributed by atoms with Crippen molar-refractivity contribution in [3.8, 4) is 0 Å². The number of rotatable bonds is 4. The number of anilines is 2. The summed E-state index contributed by atoms with van der Waals surface area (Å²) in [5.41, 5.74) is 2.54. The monoisotopic (exact) mass is 298 g/mol. The molecule has 3 N–H and O–H groups in total. The normalized spacial score (nSPS) is 11.6. The molecule has 0 fully saturated rings. The predicted octanol–water partition coefficient (Wildman–Crippen LogP) is 2.63. The first kappa shape index (κ1) is 15.7. The largest absolute Gasteiger partial charge is 0.378 e. The van der Waals surface area contributed by atoms with Crippen LogP contribution in [-0.4, -0.2) is 16.9 Å². The van der Waals surface area contributed by atoms with Gasteiger partial charge in [0.05, 0.1) is 0 Å². The number of hydrogen-bond acceptors (Lipinski definition) is 3. The standard InChI is InChI=1S/C17H18N2O3/c1-11-8-9-14(10-15(11)18-12(2)20)19-17(22)16(21)13-6-4-3-5-7-13/h3-10,16,21H,1-2H3,(H,18,20)(H,19,22). The predicted molar refractivity (Wildman–Crippen MR) is 85.5 cm³/mol. The van der Waals surface area contributed by atoms with E-state index in [9.17, 15) is 14.7 Å². The molecule has 5 heteroatoms. The number of aliphatic hydroxyl groups excluding tert-OH is 1. The van der Waals surface area contributed by atoms with Crippen LogP contribution in [0.25, 0.3) is 0 Å². The van der Waals surface area contributed by atoms with Gasteiger partial charge in [-0.1, -0.05) is 36.4 Å². The Balaban J connectivity index is 2.13. The van der Waals surface area contributed by atoms with Crippen LogP contribution < -0.4 is 10.6 Å². The van der Waals surface area contributed by atoms with Gasteiger partial charge in [0, 0.05) is 18.3 Å². The molecule has 0 aromatic heterocycles. The summed E-state index contributed by atoms with van der Waals surface area (Å²) in [5, 5.41) is 15.4. The molecule has 0 aliphatic carbocycles. The van der Waals surface area contributed by atoms with Gasteiger partial charge in [-0.15, -0.1) is 0 Å². The highest BCUT2D eigenvalue weighted by Gasteiger charge is 2.17. The van der Waals surface area contributed by atoms with Crippen molar-refractivity contribution in [1.29, 1.82) is 0 Å². The second kappa shape index (κ2) is 6.87. The van der Waals surface area contributed by atoms with Gasteiger partial charge in [-0.05, 0) is 30.2 Å². The number of carbonyl (C=O) groups is 2. The second-order valence-electron chi connectivity index (χ2n) is 5.01. The number of nitrogens with one attached hydrogen (secondary N) is 2. The van der Waals surface area contributed by atoms with Crippen LogP contribution in [0.4, 0.5) is 11.4 Å². The number of aliphatic hydroxyl groups is 1. The van der Waals surface area contributed by atoms with E-state index in [0.29, 0.717) is 16.9 Å². The van der Waals surface area contributed by atoms with Crippen LogP contribution in [0.15, 0.2) is 48.5 Å². The summed E-state index contributed by atoms with van der Waals surface area (Å²) < 4.78 is 0. The van der Waals surface area contributed by atoms with Crippen LogP contribution >= 0.6 is 0 Å². The molecule has 0 radical (unpaired) electrons. The maximum absolute atomic E-state index is 12.1. The Kier molecular flexibility index (Phi) is 4.91. The molecule has 22 heavy (non-hydrogen) atoms. The SMILES string of the molecule is CC(=O)Nc1cc(NC(=O)C(O)c2ccccc2)ccc1C. The maximum Gasteiger partial charge on any atom is 0.257 e. The summed E-state index contributed by atoms with van der Waals surface area (Å²) in [4.78, 5) is 23.2. The Morgan fingerprint density at radius 3 is 2.36 bits per heavy atom. The summed E-state index contributed by atoms with van der Waals surface area (Å²) >= 11 is 0. The minimum Gasteiger partial charge on any atom is -0.378 e. The van der Waals surface area contributed by atoms with Crippen molar-refractivity contribution in [3.05, 3.63) is 59.7 Å². The van der Waals surface area contributed by atoms with Gasteiger partial charge < -0.3 is 15.7 Å². The molecule has 0 heterocycles. The molecule has 2 amide bonds. The fourth-order valence-corrected chi connectivity index (χ4v) is 2.02. The molecule has 0 saturated carbocycles. The highest BCUT2D eigenvalue weighted by molar-refractivity contribution is 5.96. The van der Waals surface area contributed by atoms with E-state index in [1.807, 2.05) is 13.0 Å². The molecule has 0 bridgehead atoms. The van der Waals surface area contributed by atoms with E-state index in [1.165, 1.54) is 6.92 Å². The van der Waals surface area contributed by atoms with Gasteiger partial charge in [-0.2, -0.15) is 0 Å². The molecular weight excluding hydrogens is 280 g/mol. The van der Waals surface area contributed by atoms with E-state index in [2.05, 4.69) is 10.6 Å². The van der Waals surface area contributed by atoms with Crippen molar-refractivity contribution < 1.29 is 14.7 Å². The Bertz CT molecular complexity index is 684. The van der Waals surface area contributed by atoms with Crippen molar-refractivity contribution in [2.45, 2.75) is 20.0 Å². The molecule has 2 aromatic carbocycles. The van der Waals surface area contributed by atoms with Crippen molar-refractivity contribution in [3.63, 3.8) is 0 Å². The molecule has 1 unspecified atom stereocenters. The molecule has 0 spiro atoms. The lowest BCUT2D eigenvalue weighted by molar-refractivity contribution is -0.124. The van der Waals surface area contributed by atoms with E-state index in [-0.39, 0.29) is 5.91 Å². The average Bonchev–Trinajstić information content (AvgIpc) is 2.50. The third-order valence-corrected chi connectivity index (χ3v) is 3.18. The lowest BCUT2D eigenvalue weighted by Gasteiger charge is -2.13. The topological polar surface area (TPSA) is 78.4 Å². The minimum absolute atomic E-state index is 0.184. The number of amides is 2. The van der Waals surface area contributed by atoms with Gasteiger partial charge in [0.1, 0.15) is 0 Å².